The molecule has 1 aromatic rings. The van der Waals surface area contributed by atoms with E-state index in [1.165, 1.54) is 17.5 Å². The van der Waals surface area contributed by atoms with E-state index in [2.05, 4.69) is 5.32 Å². The SMILES string of the molecule is CNC(=O)[C@H]1C[C@H]2OCC[C@H]2N(S(=O)(=O)c2cccc(OC)c2)C1. The summed E-state index contributed by atoms with van der Waals surface area (Å²) in [7, 11) is -0.675. The molecule has 3 atom stereocenters. The van der Waals surface area contributed by atoms with Crippen LogP contribution in [-0.4, -0.2) is 58.1 Å². The predicted molar refractivity (Wildman–Crippen MR) is 87.2 cm³/mol. The van der Waals surface area contributed by atoms with Gasteiger partial charge < -0.3 is 14.8 Å². The number of rotatable bonds is 4. The Morgan fingerprint density at radius 1 is 1.42 bits per heavy atom. The molecule has 0 saturated carbocycles. The third kappa shape index (κ3) is 3.01. The maximum Gasteiger partial charge on any atom is 0.243 e. The zero-order valence-corrected chi connectivity index (χ0v) is 14.6. The minimum Gasteiger partial charge on any atom is -0.497 e. The van der Waals surface area contributed by atoms with E-state index in [0.717, 1.165) is 0 Å². The largest absolute Gasteiger partial charge is 0.497 e. The Labute approximate surface area is 142 Å². The molecule has 2 saturated heterocycles. The van der Waals surface area contributed by atoms with Gasteiger partial charge in [0.25, 0.3) is 0 Å². The van der Waals surface area contributed by atoms with Gasteiger partial charge in [0.2, 0.25) is 15.9 Å². The number of amides is 1. The van der Waals surface area contributed by atoms with Gasteiger partial charge in [0.05, 0.1) is 30.1 Å². The van der Waals surface area contributed by atoms with Crippen LogP contribution in [0.1, 0.15) is 12.8 Å². The fraction of sp³-hybridized carbons (Fsp3) is 0.562. The van der Waals surface area contributed by atoms with Crippen molar-refractivity contribution in [1.29, 1.82) is 0 Å². The van der Waals surface area contributed by atoms with E-state index in [-0.39, 0.29) is 29.5 Å². The van der Waals surface area contributed by atoms with Gasteiger partial charge in [-0.05, 0) is 25.0 Å². The predicted octanol–water partition coefficient (Wildman–Crippen LogP) is 0.609. The second-order valence-corrected chi connectivity index (χ2v) is 7.96. The molecular weight excluding hydrogens is 332 g/mol. The third-order valence-electron chi connectivity index (χ3n) is 4.73. The van der Waals surface area contributed by atoms with Crippen molar-refractivity contribution in [1.82, 2.24) is 9.62 Å². The van der Waals surface area contributed by atoms with Gasteiger partial charge in [-0.3, -0.25) is 4.79 Å². The summed E-state index contributed by atoms with van der Waals surface area (Å²) in [4.78, 5) is 12.2. The first-order valence-corrected chi connectivity index (χ1v) is 9.40. The van der Waals surface area contributed by atoms with Gasteiger partial charge in [0, 0.05) is 26.3 Å². The van der Waals surface area contributed by atoms with Crippen molar-refractivity contribution in [2.45, 2.75) is 29.9 Å². The molecule has 2 aliphatic heterocycles. The van der Waals surface area contributed by atoms with Crippen molar-refractivity contribution >= 4 is 15.9 Å². The van der Waals surface area contributed by atoms with Gasteiger partial charge >= 0.3 is 0 Å². The topological polar surface area (TPSA) is 84.9 Å². The Hall–Kier alpha value is -1.64. The Balaban J connectivity index is 1.95. The number of piperidine rings is 1. The lowest BCUT2D eigenvalue weighted by Crippen LogP contribution is -2.54. The number of nitrogens with one attached hydrogen (secondary N) is 1. The van der Waals surface area contributed by atoms with Gasteiger partial charge in [-0.25, -0.2) is 8.42 Å². The molecule has 7 nitrogen and oxygen atoms in total. The molecule has 8 heteroatoms. The lowest BCUT2D eigenvalue weighted by molar-refractivity contribution is -0.127. The summed E-state index contributed by atoms with van der Waals surface area (Å²) in [5.74, 6) is -0.0836. The van der Waals surface area contributed by atoms with E-state index in [4.69, 9.17) is 9.47 Å². The molecule has 132 valence electrons. The minimum absolute atomic E-state index is 0.158. The summed E-state index contributed by atoms with van der Waals surface area (Å²) in [5.41, 5.74) is 0. The van der Waals surface area contributed by atoms with Crippen LogP contribution in [0.3, 0.4) is 0 Å². The molecule has 0 radical (unpaired) electrons. The molecule has 0 bridgehead atoms. The molecule has 0 unspecified atom stereocenters. The van der Waals surface area contributed by atoms with Gasteiger partial charge in [-0.15, -0.1) is 0 Å². The van der Waals surface area contributed by atoms with Gasteiger partial charge in [-0.2, -0.15) is 4.31 Å². The summed E-state index contributed by atoms with van der Waals surface area (Å²) >= 11 is 0. The number of hydrogen-bond donors (Lipinski definition) is 1. The van der Waals surface area contributed by atoms with Crippen molar-refractivity contribution < 1.29 is 22.7 Å². The van der Waals surface area contributed by atoms with Crippen LogP contribution < -0.4 is 10.1 Å². The van der Waals surface area contributed by atoms with Crippen LogP contribution in [-0.2, 0) is 19.6 Å². The van der Waals surface area contributed by atoms with Crippen molar-refractivity contribution in [2.24, 2.45) is 5.92 Å². The van der Waals surface area contributed by atoms with Crippen LogP contribution in [0, 0.1) is 5.92 Å². The quantitative estimate of drug-likeness (QED) is 0.856. The zero-order valence-electron chi connectivity index (χ0n) is 13.8. The Morgan fingerprint density at radius 3 is 2.92 bits per heavy atom. The Morgan fingerprint density at radius 2 is 2.21 bits per heavy atom. The normalized spacial score (nSPS) is 27.5. The third-order valence-corrected chi connectivity index (χ3v) is 6.61. The molecule has 0 spiro atoms. The summed E-state index contributed by atoms with van der Waals surface area (Å²) in [5, 5.41) is 2.61. The highest BCUT2D eigenvalue weighted by Crippen LogP contribution is 2.35. The first-order chi connectivity index (χ1) is 11.5. The molecule has 0 aromatic heterocycles. The van der Waals surface area contributed by atoms with Crippen LogP contribution in [0.25, 0.3) is 0 Å². The molecule has 3 rings (SSSR count). The van der Waals surface area contributed by atoms with Gasteiger partial charge in [-0.1, -0.05) is 6.07 Å². The number of sulfonamides is 1. The van der Waals surface area contributed by atoms with Crippen molar-refractivity contribution in [3.8, 4) is 5.75 Å². The molecule has 2 heterocycles. The second kappa shape index (κ2) is 6.70. The van der Waals surface area contributed by atoms with Crippen LogP contribution >= 0.6 is 0 Å². The minimum atomic E-state index is -3.73. The highest BCUT2D eigenvalue weighted by atomic mass is 32.2. The Kier molecular flexibility index (Phi) is 4.80. The van der Waals surface area contributed by atoms with Crippen LogP contribution in [0.5, 0.6) is 5.75 Å². The highest BCUT2D eigenvalue weighted by Gasteiger charge is 2.47. The van der Waals surface area contributed by atoms with Crippen LogP contribution in [0.2, 0.25) is 0 Å². The number of hydrogen-bond acceptors (Lipinski definition) is 5. The fourth-order valence-corrected chi connectivity index (χ4v) is 5.23. The zero-order chi connectivity index (χ0) is 17.3. The van der Waals surface area contributed by atoms with E-state index in [1.54, 1.807) is 25.2 Å². The standard InChI is InChI=1S/C16H22N2O5S/c1-17-16(19)11-8-15-14(6-7-23-15)18(10-11)24(20,21)13-5-3-4-12(9-13)22-2/h3-5,9,11,14-15H,6-8,10H2,1-2H3,(H,17,19)/t11-,14+,15+/m0/s1. The molecular formula is C16H22N2O5S. The monoisotopic (exact) mass is 354 g/mol. The van der Waals surface area contributed by atoms with E-state index < -0.39 is 15.9 Å². The van der Waals surface area contributed by atoms with E-state index in [0.29, 0.717) is 25.2 Å². The first kappa shape index (κ1) is 17.2. The molecule has 2 fully saturated rings. The molecule has 1 amide bonds. The number of carbonyl (C=O) groups excluding carboxylic acids is 1. The summed E-state index contributed by atoms with van der Waals surface area (Å²) < 4.78 is 38.5. The van der Waals surface area contributed by atoms with Gasteiger partial charge in [0.1, 0.15) is 5.75 Å². The number of ether oxygens (including phenoxy) is 2. The van der Waals surface area contributed by atoms with Crippen LogP contribution in [0.15, 0.2) is 29.2 Å². The number of benzene rings is 1. The molecule has 1 N–H and O–H groups in total. The van der Waals surface area contributed by atoms with Crippen molar-refractivity contribution in [2.75, 3.05) is 27.3 Å². The van der Waals surface area contributed by atoms with Crippen LogP contribution in [0.4, 0.5) is 0 Å². The number of nitrogens with zero attached hydrogens (tertiary/aromatic N) is 1. The van der Waals surface area contributed by atoms with Crippen molar-refractivity contribution in [3.05, 3.63) is 24.3 Å². The molecule has 1 aromatic carbocycles. The maximum atomic E-state index is 13.1. The molecule has 2 aliphatic rings. The van der Waals surface area contributed by atoms with Crippen molar-refractivity contribution in [3.63, 3.8) is 0 Å². The smallest absolute Gasteiger partial charge is 0.243 e. The van der Waals surface area contributed by atoms with E-state index in [9.17, 15) is 13.2 Å². The molecule has 0 aliphatic carbocycles. The first-order valence-electron chi connectivity index (χ1n) is 7.96. The van der Waals surface area contributed by atoms with E-state index in [1.807, 2.05) is 0 Å². The lowest BCUT2D eigenvalue weighted by atomic mass is 9.91. The average Bonchev–Trinajstić information content (AvgIpc) is 3.08. The number of carbonyl (C=O) groups is 1. The number of fused-ring (bicyclic) bond motifs is 1. The summed E-state index contributed by atoms with van der Waals surface area (Å²) in [6, 6.07) is 6.18. The van der Waals surface area contributed by atoms with Gasteiger partial charge in [0.15, 0.2) is 0 Å². The summed E-state index contributed by atoms with van der Waals surface area (Å²) in [6.07, 6.45) is 0.962. The fourth-order valence-electron chi connectivity index (χ4n) is 3.47. The average molecular weight is 354 g/mol. The van der Waals surface area contributed by atoms with E-state index >= 15 is 0 Å². The Bertz CT molecular complexity index is 721. The number of methoxy groups -OCH3 is 1. The second-order valence-electron chi connectivity index (χ2n) is 6.07. The maximum absolute atomic E-state index is 13.1. The lowest BCUT2D eigenvalue weighted by Gasteiger charge is -2.39. The summed E-state index contributed by atoms with van der Waals surface area (Å²) in [6.45, 7) is 0.684. The molecule has 24 heavy (non-hydrogen) atoms. The highest BCUT2D eigenvalue weighted by molar-refractivity contribution is 7.89.